The Morgan fingerprint density at radius 3 is 2.19 bits per heavy atom. The van der Waals surface area contributed by atoms with E-state index in [1.807, 2.05) is 24.3 Å². The smallest absolute Gasteiger partial charge is 0.289 e. The van der Waals surface area contributed by atoms with E-state index in [4.69, 9.17) is 27.9 Å². The maximum atomic E-state index is 13.1. The topological polar surface area (TPSA) is 109 Å². The highest BCUT2D eigenvalue weighted by Gasteiger charge is 2.20. The fraction of sp³-hybridized carbons (Fsp3) is 0.296. The van der Waals surface area contributed by atoms with E-state index in [2.05, 4.69) is 10.1 Å². The van der Waals surface area contributed by atoms with Crippen molar-refractivity contribution < 1.29 is 32.7 Å². The Morgan fingerprint density at radius 2 is 1.51 bits per heavy atom. The molecule has 0 atom stereocenters. The third-order valence-corrected chi connectivity index (χ3v) is 5.84. The van der Waals surface area contributed by atoms with E-state index in [1.54, 1.807) is 57.6 Å². The molecule has 10 heteroatoms. The Bertz CT molecular complexity index is 1320. The Hall–Kier alpha value is -4.47. The number of nitrogens with zero attached hydrogens (tertiary/aromatic N) is 3. The van der Waals surface area contributed by atoms with Gasteiger partial charge in [0.15, 0.2) is 28.8 Å². The number of benzene rings is 2. The van der Waals surface area contributed by atoms with Crippen molar-refractivity contribution in [3.63, 3.8) is 0 Å². The van der Waals surface area contributed by atoms with Crippen molar-refractivity contribution in [2.45, 2.75) is 12.8 Å². The molecule has 4 aromatic rings. The first-order valence-corrected chi connectivity index (χ1v) is 11.6. The normalized spacial score (nSPS) is 10.7. The first kappa shape index (κ1) is 25.6. The van der Waals surface area contributed by atoms with Crippen molar-refractivity contribution in [1.29, 1.82) is 0 Å². The Kier molecular flexibility index (Phi) is 8.29. The SMILES string of the molecule is COc1ccc(CCN(CCc2nc(-c3ccc(OC)c(OC)c3)no2)C(=O)c2ccco2)cc1OC. The molecule has 0 unspecified atom stereocenters. The van der Waals surface area contributed by atoms with Crippen LogP contribution < -0.4 is 18.9 Å². The lowest BCUT2D eigenvalue weighted by atomic mass is 10.1. The van der Waals surface area contributed by atoms with E-state index in [0.29, 0.717) is 60.6 Å². The van der Waals surface area contributed by atoms with Gasteiger partial charge in [-0.3, -0.25) is 4.79 Å². The van der Waals surface area contributed by atoms with Crippen molar-refractivity contribution in [1.82, 2.24) is 15.0 Å². The van der Waals surface area contributed by atoms with Crippen LogP contribution in [0, 0.1) is 0 Å². The molecule has 4 rings (SSSR count). The van der Waals surface area contributed by atoms with Crippen LogP contribution in [-0.2, 0) is 12.8 Å². The molecule has 0 saturated heterocycles. The molecule has 0 aliphatic carbocycles. The van der Waals surface area contributed by atoms with Crippen LogP contribution in [0.5, 0.6) is 23.0 Å². The molecular weight excluding hydrogens is 478 g/mol. The summed E-state index contributed by atoms with van der Waals surface area (Å²) >= 11 is 0. The van der Waals surface area contributed by atoms with E-state index in [1.165, 1.54) is 6.26 Å². The van der Waals surface area contributed by atoms with Gasteiger partial charge in [0.2, 0.25) is 11.7 Å². The van der Waals surface area contributed by atoms with Gasteiger partial charge in [-0.05, 0) is 54.4 Å². The molecule has 0 aliphatic rings. The first-order chi connectivity index (χ1) is 18.1. The largest absolute Gasteiger partial charge is 0.493 e. The Balaban J connectivity index is 1.46. The van der Waals surface area contributed by atoms with E-state index in [0.717, 1.165) is 11.1 Å². The summed E-state index contributed by atoms with van der Waals surface area (Å²) in [4.78, 5) is 19.3. The third kappa shape index (κ3) is 6.03. The van der Waals surface area contributed by atoms with Gasteiger partial charge >= 0.3 is 0 Å². The summed E-state index contributed by atoms with van der Waals surface area (Å²) in [5, 5.41) is 4.09. The second-order valence-corrected chi connectivity index (χ2v) is 8.04. The summed E-state index contributed by atoms with van der Waals surface area (Å²) in [6.07, 6.45) is 2.46. The van der Waals surface area contributed by atoms with Crippen LogP contribution >= 0.6 is 0 Å². The van der Waals surface area contributed by atoms with Crippen LogP contribution in [-0.4, -0.2) is 62.5 Å². The van der Waals surface area contributed by atoms with Crippen LogP contribution in [0.4, 0.5) is 0 Å². The zero-order valence-corrected chi connectivity index (χ0v) is 21.2. The maximum Gasteiger partial charge on any atom is 0.289 e. The Labute approximate surface area is 214 Å². The molecule has 2 heterocycles. The minimum Gasteiger partial charge on any atom is -0.493 e. The van der Waals surface area contributed by atoms with E-state index < -0.39 is 0 Å². The second-order valence-electron chi connectivity index (χ2n) is 8.04. The first-order valence-electron chi connectivity index (χ1n) is 11.6. The van der Waals surface area contributed by atoms with Gasteiger partial charge in [0.05, 0.1) is 34.7 Å². The lowest BCUT2D eigenvalue weighted by molar-refractivity contribution is 0.0724. The predicted molar refractivity (Wildman–Crippen MR) is 134 cm³/mol. The molecule has 0 aliphatic heterocycles. The monoisotopic (exact) mass is 507 g/mol. The number of carbonyl (C=O) groups is 1. The van der Waals surface area contributed by atoms with Crippen LogP contribution in [0.15, 0.2) is 63.7 Å². The molecule has 2 aromatic heterocycles. The number of ether oxygens (including phenoxy) is 4. The quantitative estimate of drug-likeness (QED) is 0.277. The van der Waals surface area contributed by atoms with Gasteiger partial charge < -0.3 is 32.8 Å². The number of aromatic nitrogens is 2. The van der Waals surface area contributed by atoms with Gasteiger partial charge in [-0.1, -0.05) is 11.2 Å². The summed E-state index contributed by atoms with van der Waals surface area (Å²) in [5.41, 5.74) is 1.73. The molecule has 1 amide bonds. The molecule has 0 radical (unpaired) electrons. The highest BCUT2D eigenvalue weighted by molar-refractivity contribution is 5.91. The number of rotatable bonds is 12. The average Bonchev–Trinajstić information content (AvgIpc) is 3.65. The minimum atomic E-state index is -0.217. The summed E-state index contributed by atoms with van der Waals surface area (Å²) in [5.74, 6) is 3.34. The fourth-order valence-electron chi connectivity index (χ4n) is 3.85. The molecule has 10 nitrogen and oxygen atoms in total. The van der Waals surface area contributed by atoms with Gasteiger partial charge in [-0.25, -0.2) is 0 Å². The van der Waals surface area contributed by atoms with Crippen LogP contribution in [0.3, 0.4) is 0 Å². The minimum absolute atomic E-state index is 0.217. The average molecular weight is 508 g/mol. The van der Waals surface area contributed by atoms with Gasteiger partial charge in [0, 0.05) is 25.1 Å². The van der Waals surface area contributed by atoms with E-state index in [9.17, 15) is 4.79 Å². The second kappa shape index (κ2) is 12.0. The molecule has 0 bridgehead atoms. The summed E-state index contributed by atoms with van der Waals surface area (Å²) in [7, 11) is 6.32. The molecule has 194 valence electrons. The van der Waals surface area contributed by atoms with Crippen molar-refractivity contribution in [3.8, 4) is 34.4 Å². The number of amides is 1. The van der Waals surface area contributed by atoms with Gasteiger partial charge in [0.25, 0.3) is 5.91 Å². The summed E-state index contributed by atoms with van der Waals surface area (Å²) in [6.45, 7) is 0.812. The molecule has 37 heavy (non-hydrogen) atoms. The predicted octanol–water partition coefficient (Wildman–Crippen LogP) is 4.29. The van der Waals surface area contributed by atoms with Crippen molar-refractivity contribution >= 4 is 5.91 Å². The zero-order valence-electron chi connectivity index (χ0n) is 21.2. The van der Waals surface area contributed by atoms with Crippen LogP contribution in [0.2, 0.25) is 0 Å². The zero-order chi connectivity index (χ0) is 26.2. The van der Waals surface area contributed by atoms with Crippen molar-refractivity contribution in [3.05, 3.63) is 72.0 Å². The summed E-state index contributed by atoms with van der Waals surface area (Å²) in [6, 6.07) is 14.4. The van der Waals surface area contributed by atoms with Gasteiger partial charge in [-0.2, -0.15) is 4.98 Å². The standard InChI is InChI=1S/C27H29N3O7/c1-32-20-9-7-18(16-23(20)34-3)11-13-30(27(31)22-6-5-15-36-22)14-12-25-28-26(29-37-25)19-8-10-21(33-2)24(17-19)35-4/h5-10,15-17H,11-14H2,1-4H3. The number of hydrogen-bond donors (Lipinski definition) is 0. The number of methoxy groups -OCH3 is 4. The number of carbonyl (C=O) groups excluding carboxylic acids is 1. The number of furan rings is 1. The van der Waals surface area contributed by atoms with Crippen molar-refractivity contribution in [2.75, 3.05) is 41.5 Å². The Morgan fingerprint density at radius 1 is 0.838 bits per heavy atom. The fourth-order valence-corrected chi connectivity index (χ4v) is 3.85. The van der Waals surface area contributed by atoms with E-state index in [-0.39, 0.29) is 11.7 Å². The molecular formula is C27H29N3O7. The lowest BCUT2D eigenvalue weighted by Gasteiger charge is -2.21. The van der Waals surface area contributed by atoms with Gasteiger partial charge in [-0.15, -0.1) is 0 Å². The molecule has 0 N–H and O–H groups in total. The third-order valence-electron chi connectivity index (χ3n) is 5.84. The van der Waals surface area contributed by atoms with Gasteiger partial charge in [0.1, 0.15) is 0 Å². The lowest BCUT2D eigenvalue weighted by Crippen LogP contribution is -2.34. The van der Waals surface area contributed by atoms with Crippen LogP contribution in [0.1, 0.15) is 22.0 Å². The van der Waals surface area contributed by atoms with E-state index >= 15 is 0 Å². The summed E-state index contributed by atoms with van der Waals surface area (Å²) < 4.78 is 32.2. The molecule has 0 spiro atoms. The molecule has 0 fully saturated rings. The molecule has 0 saturated carbocycles. The van der Waals surface area contributed by atoms with Crippen LogP contribution in [0.25, 0.3) is 11.4 Å². The molecule has 2 aromatic carbocycles. The maximum absolute atomic E-state index is 13.1. The number of hydrogen-bond acceptors (Lipinski definition) is 9. The highest BCUT2D eigenvalue weighted by Crippen LogP contribution is 2.31. The highest BCUT2D eigenvalue weighted by atomic mass is 16.5. The van der Waals surface area contributed by atoms with Crippen molar-refractivity contribution in [2.24, 2.45) is 0 Å².